The zero-order valence-electron chi connectivity index (χ0n) is 27.9. The summed E-state index contributed by atoms with van der Waals surface area (Å²) in [5, 5.41) is 27.0. The van der Waals surface area contributed by atoms with E-state index in [2.05, 4.69) is 106 Å². The molecule has 0 aliphatic carbocycles. The van der Waals surface area contributed by atoms with Gasteiger partial charge in [-0.25, -0.2) is 4.98 Å². The van der Waals surface area contributed by atoms with E-state index in [-0.39, 0.29) is 11.5 Å². The fraction of sp³-hybridized carbons (Fsp3) is 0.238. The van der Waals surface area contributed by atoms with Gasteiger partial charge in [-0.2, -0.15) is 0 Å². The van der Waals surface area contributed by atoms with Crippen molar-refractivity contribution in [2.45, 2.75) is 57.9 Å². The third-order valence-corrected chi connectivity index (χ3v) is 19.6. The molecule has 0 atom stereocenters. The van der Waals surface area contributed by atoms with E-state index in [1.165, 1.54) is 48.0 Å². The van der Waals surface area contributed by atoms with E-state index in [0.29, 0.717) is 29.3 Å². The van der Waals surface area contributed by atoms with Gasteiger partial charge in [0.2, 0.25) is 0 Å². The molecule has 0 aliphatic heterocycles. The van der Waals surface area contributed by atoms with Gasteiger partial charge in [-0.1, -0.05) is 24.3 Å². The zero-order valence-corrected chi connectivity index (χ0v) is 30.4. The average Bonchev–Trinajstić information content (AvgIpc) is 3.57. The molecule has 7 heteroatoms. The second kappa shape index (κ2) is 16.0. The van der Waals surface area contributed by atoms with Crippen LogP contribution in [0.25, 0.3) is 22.8 Å². The molecule has 0 saturated carbocycles. The maximum atomic E-state index is 10.6. The van der Waals surface area contributed by atoms with Crippen LogP contribution in [0.1, 0.15) is 51.4 Å². The number of nitrogens with zero attached hydrogens (tertiary/aromatic N) is 3. The monoisotopic (exact) mass is 733 g/mol. The van der Waals surface area contributed by atoms with Crippen molar-refractivity contribution in [3.63, 3.8) is 0 Å². The molecule has 0 spiro atoms. The number of hydrogen-bond donors (Lipinski definition) is 2. The standard InChI is InChI=1S/C42H45BrN3O2P/c43-49(34-22-10-7-11-23-34,35-24-12-8-13-25-35,36-26-14-9-15-27-36)33-21-6-4-2-1-3-5-20-32-46-42(38-29-17-19-31-40(38)48)44-41(45-46)37-28-16-18-30-39(37)47/h7-19,22-31,47-48H,1-6,20-21,32-33H2. The molecule has 2 N–H and O–H groups in total. The van der Waals surface area contributed by atoms with E-state index in [1.807, 2.05) is 28.9 Å². The summed E-state index contributed by atoms with van der Waals surface area (Å²) in [4.78, 5) is 4.74. The van der Waals surface area contributed by atoms with Gasteiger partial charge in [-0.3, -0.25) is 0 Å². The molecule has 5 nitrogen and oxygen atoms in total. The van der Waals surface area contributed by atoms with Gasteiger partial charge in [0.15, 0.2) is 5.82 Å². The summed E-state index contributed by atoms with van der Waals surface area (Å²) in [7, 11) is 0. The fourth-order valence-corrected chi connectivity index (χ4v) is 14.7. The molecule has 6 aromatic rings. The molecule has 0 unspecified atom stereocenters. The number of hydrogen-bond acceptors (Lipinski definition) is 4. The van der Waals surface area contributed by atoms with E-state index >= 15 is 0 Å². The van der Waals surface area contributed by atoms with Crippen LogP contribution in [0.5, 0.6) is 11.5 Å². The second-order valence-corrected chi connectivity index (χ2v) is 21.8. The van der Waals surface area contributed by atoms with E-state index in [4.69, 9.17) is 10.1 Å². The molecule has 0 bridgehead atoms. The number of unbranched alkanes of at least 4 members (excludes halogenated alkanes) is 7. The molecule has 0 radical (unpaired) electrons. The number of aromatic nitrogens is 3. The average molecular weight is 735 g/mol. The Morgan fingerprint density at radius 2 is 0.898 bits per heavy atom. The Balaban J connectivity index is 1.04. The van der Waals surface area contributed by atoms with Crippen molar-refractivity contribution in [3.8, 4) is 34.3 Å². The van der Waals surface area contributed by atoms with E-state index in [1.54, 1.807) is 24.3 Å². The van der Waals surface area contributed by atoms with Crippen LogP contribution in [0.15, 0.2) is 140 Å². The molecule has 0 saturated heterocycles. The molecule has 1 heterocycles. The maximum absolute atomic E-state index is 10.6. The van der Waals surface area contributed by atoms with Crippen LogP contribution in [-0.4, -0.2) is 31.1 Å². The molecule has 0 aliphatic rings. The normalized spacial score (nSPS) is 12.4. The van der Waals surface area contributed by atoms with Gasteiger partial charge in [0, 0.05) is 0 Å². The number of phenols is 2. The van der Waals surface area contributed by atoms with Gasteiger partial charge < -0.3 is 10.2 Å². The first-order valence-corrected chi connectivity index (χ1v) is 21.8. The van der Waals surface area contributed by atoms with Crippen molar-refractivity contribution < 1.29 is 10.2 Å². The summed E-state index contributed by atoms with van der Waals surface area (Å²) in [5.41, 5.74) is 1.22. The van der Waals surface area contributed by atoms with E-state index in [9.17, 15) is 10.2 Å². The van der Waals surface area contributed by atoms with Crippen molar-refractivity contribution in [1.82, 2.24) is 14.8 Å². The summed E-state index contributed by atoms with van der Waals surface area (Å²) in [5.74, 6) is 1.38. The van der Waals surface area contributed by atoms with Crippen molar-refractivity contribution in [2.75, 3.05) is 6.16 Å². The molecule has 6 rings (SSSR count). The van der Waals surface area contributed by atoms with Gasteiger partial charge in [0.05, 0.1) is 11.1 Å². The second-order valence-electron chi connectivity index (χ2n) is 12.8. The van der Waals surface area contributed by atoms with Gasteiger partial charge in [0.1, 0.15) is 11.5 Å². The predicted molar refractivity (Wildman–Crippen MR) is 210 cm³/mol. The number of rotatable bonds is 16. The molecule has 1 aromatic heterocycles. The summed E-state index contributed by atoms with van der Waals surface area (Å²) in [6.07, 6.45) is 10.3. The van der Waals surface area contributed by atoms with Crippen LogP contribution in [0.3, 0.4) is 0 Å². The number of para-hydroxylation sites is 2. The SMILES string of the molecule is Oc1ccccc1-c1nc(-c2ccccc2O)n(CCCCCCCCCCP(Br)(c2ccccc2)(c2ccccc2)c2ccccc2)n1. The minimum absolute atomic E-state index is 0.142. The molecule has 0 fully saturated rings. The Hall–Kier alpha value is -4.25. The molecular weight excluding hydrogens is 689 g/mol. The van der Waals surface area contributed by atoms with Crippen LogP contribution in [0.2, 0.25) is 0 Å². The van der Waals surface area contributed by atoms with Crippen LogP contribution < -0.4 is 15.9 Å². The topological polar surface area (TPSA) is 71.2 Å². The van der Waals surface area contributed by atoms with Crippen molar-refractivity contribution in [1.29, 1.82) is 0 Å². The third-order valence-electron chi connectivity index (χ3n) is 9.54. The number of aryl methyl sites for hydroxylation is 1. The molecule has 252 valence electrons. The minimum atomic E-state index is -2.85. The first kappa shape index (κ1) is 34.6. The van der Waals surface area contributed by atoms with Crippen molar-refractivity contribution in [3.05, 3.63) is 140 Å². The molecule has 5 aromatic carbocycles. The van der Waals surface area contributed by atoms with Gasteiger partial charge in [0.25, 0.3) is 0 Å². The molecule has 0 amide bonds. The van der Waals surface area contributed by atoms with E-state index in [0.717, 1.165) is 25.4 Å². The number of benzene rings is 5. The Bertz CT molecular complexity index is 1830. The Morgan fingerprint density at radius 1 is 0.490 bits per heavy atom. The Labute approximate surface area is 298 Å². The first-order valence-electron chi connectivity index (χ1n) is 17.4. The van der Waals surface area contributed by atoms with E-state index < -0.39 is 5.31 Å². The summed E-state index contributed by atoms with van der Waals surface area (Å²) in [6, 6.07) is 47.5. The van der Waals surface area contributed by atoms with Gasteiger partial charge in [-0.05, 0) is 24.3 Å². The third kappa shape index (κ3) is 7.51. The van der Waals surface area contributed by atoms with Crippen LogP contribution >= 0.6 is 20.8 Å². The van der Waals surface area contributed by atoms with Crippen molar-refractivity contribution in [2.24, 2.45) is 0 Å². The fourth-order valence-electron chi connectivity index (χ4n) is 6.92. The quantitative estimate of drug-likeness (QED) is 0.0768. The van der Waals surface area contributed by atoms with Gasteiger partial charge >= 0.3 is 207 Å². The first-order chi connectivity index (χ1) is 24.0. The summed E-state index contributed by atoms with van der Waals surface area (Å²) < 4.78 is 1.87. The number of aromatic hydroxyl groups is 2. The van der Waals surface area contributed by atoms with Crippen molar-refractivity contribution >= 4 is 36.7 Å². The molecule has 49 heavy (non-hydrogen) atoms. The Morgan fingerprint density at radius 3 is 1.39 bits per heavy atom. The number of halogens is 1. The Kier molecular flexibility index (Phi) is 11.3. The van der Waals surface area contributed by atoms with Crippen LogP contribution in [-0.2, 0) is 6.54 Å². The summed E-state index contributed by atoms with van der Waals surface area (Å²) in [6.45, 7) is 0.696. The zero-order chi connectivity index (χ0) is 34.0. The molecular formula is C42H45BrN3O2P. The predicted octanol–water partition coefficient (Wildman–Crippen LogP) is 9.98. The van der Waals surface area contributed by atoms with Crippen LogP contribution in [0, 0.1) is 0 Å². The summed E-state index contributed by atoms with van der Waals surface area (Å²) >= 11 is 4.58. The van der Waals surface area contributed by atoms with Crippen LogP contribution in [0.4, 0.5) is 0 Å². The number of phenolic OH excluding ortho intramolecular Hbond substituents is 2. The van der Waals surface area contributed by atoms with Gasteiger partial charge in [-0.15, -0.1) is 0 Å².